The van der Waals surface area contributed by atoms with Gasteiger partial charge in [0.25, 0.3) is 0 Å². The summed E-state index contributed by atoms with van der Waals surface area (Å²) in [6.07, 6.45) is 0.965. The van der Waals surface area contributed by atoms with Gasteiger partial charge >= 0.3 is 0 Å². The van der Waals surface area contributed by atoms with Crippen molar-refractivity contribution in [3.8, 4) is 0 Å². The molecular weight excluding hydrogens is 382 g/mol. The average molecular weight is 416 g/mol. The molecule has 28 heavy (non-hydrogen) atoms. The quantitative estimate of drug-likeness (QED) is 0.468. The van der Waals surface area contributed by atoms with Gasteiger partial charge in [0.05, 0.1) is 44.7 Å². The summed E-state index contributed by atoms with van der Waals surface area (Å²) in [7, 11) is -2.16. The van der Waals surface area contributed by atoms with Crippen LogP contribution in [0.1, 0.15) is 37.8 Å². The number of amides is 1. The Labute approximate surface area is 168 Å². The van der Waals surface area contributed by atoms with E-state index in [2.05, 4.69) is 18.6 Å². The second kappa shape index (κ2) is 12.9. The first-order chi connectivity index (χ1) is 13.2. The first-order valence-electron chi connectivity index (χ1n) is 9.52. The van der Waals surface area contributed by atoms with Gasteiger partial charge in [-0.05, 0) is 30.4 Å². The third kappa shape index (κ3) is 10.2. The Balaban J connectivity index is 2.38. The lowest BCUT2D eigenvalue weighted by molar-refractivity contribution is -0.120. The summed E-state index contributed by atoms with van der Waals surface area (Å²) in [4.78, 5) is 12.3. The van der Waals surface area contributed by atoms with Gasteiger partial charge in [-0.2, -0.15) is 0 Å². The second-order valence-electron chi connectivity index (χ2n) is 7.06. The molecule has 0 spiro atoms. The van der Waals surface area contributed by atoms with Crippen LogP contribution in [0.3, 0.4) is 0 Å². The van der Waals surface area contributed by atoms with E-state index in [1.165, 1.54) is 5.56 Å². The minimum absolute atomic E-state index is 0.00543. The molecule has 1 N–H and O–H groups in total. The van der Waals surface area contributed by atoms with Gasteiger partial charge in [-0.25, -0.2) is 8.42 Å². The molecule has 0 aromatic heterocycles. The van der Waals surface area contributed by atoms with Crippen LogP contribution in [0, 0.1) is 5.92 Å². The average Bonchev–Trinajstić information content (AvgIpc) is 2.63. The summed E-state index contributed by atoms with van der Waals surface area (Å²) in [6, 6.07) is 7.72. The molecule has 0 aliphatic heterocycles. The van der Waals surface area contributed by atoms with Crippen molar-refractivity contribution in [1.29, 1.82) is 0 Å². The Morgan fingerprint density at radius 2 is 1.54 bits per heavy atom. The molecule has 0 heterocycles. The number of sulfonamides is 1. The van der Waals surface area contributed by atoms with Crippen LogP contribution in [-0.4, -0.2) is 60.2 Å². The van der Waals surface area contributed by atoms with Crippen LogP contribution in [0.15, 0.2) is 24.3 Å². The summed E-state index contributed by atoms with van der Waals surface area (Å²) in [5, 5.41) is 0. The summed E-state index contributed by atoms with van der Waals surface area (Å²) >= 11 is 0. The summed E-state index contributed by atoms with van der Waals surface area (Å²) in [6.45, 7) is 7.58. The number of ether oxygens (including phenoxy) is 3. The molecule has 0 radical (unpaired) electrons. The van der Waals surface area contributed by atoms with E-state index in [9.17, 15) is 13.2 Å². The van der Waals surface area contributed by atoms with E-state index in [1.54, 1.807) is 14.0 Å². The molecule has 1 amide bonds. The highest BCUT2D eigenvalue weighted by atomic mass is 32.2. The molecule has 0 aliphatic carbocycles. The Hall–Kier alpha value is -1.48. The number of nitrogens with one attached hydrogen (secondary N) is 1. The Morgan fingerprint density at radius 1 is 0.964 bits per heavy atom. The van der Waals surface area contributed by atoms with E-state index in [4.69, 9.17) is 14.2 Å². The van der Waals surface area contributed by atoms with Crippen molar-refractivity contribution in [3.05, 3.63) is 35.4 Å². The highest BCUT2D eigenvalue weighted by Gasteiger charge is 2.21. The maximum Gasteiger partial charge on any atom is 0.240 e. The molecule has 1 unspecified atom stereocenters. The number of hydrogen-bond donors (Lipinski definition) is 1. The van der Waals surface area contributed by atoms with E-state index in [1.807, 2.05) is 24.3 Å². The molecule has 0 fully saturated rings. The van der Waals surface area contributed by atoms with Gasteiger partial charge in [0.15, 0.2) is 0 Å². The maximum absolute atomic E-state index is 12.3. The van der Waals surface area contributed by atoms with Crippen molar-refractivity contribution in [2.24, 2.45) is 5.92 Å². The number of benzene rings is 1. The fourth-order valence-electron chi connectivity index (χ4n) is 2.49. The fourth-order valence-corrected chi connectivity index (χ4v) is 3.41. The predicted molar refractivity (Wildman–Crippen MR) is 109 cm³/mol. The largest absolute Gasteiger partial charge is 0.382 e. The van der Waals surface area contributed by atoms with Crippen molar-refractivity contribution in [3.63, 3.8) is 0 Å². The number of carbonyl (C=O) groups is 1. The Morgan fingerprint density at radius 3 is 2.11 bits per heavy atom. The van der Waals surface area contributed by atoms with E-state index in [0.29, 0.717) is 25.7 Å². The van der Waals surface area contributed by atoms with Crippen LogP contribution in [0.2, 0.25) is 0 Å². The van der Waals surface area contributed by atoms with Crippen LogP contribution >= 0.6 is 0 Å². The van der Waals surface area contributed by atoms with E-state index in [0.717, 1.165) is 12.0 Å². The fraction of sp³-hybridized carbons (Fsp3) is 0.650. The van der Waals surface area contributed by atoms with Crippen LogP contribution in [0.25, 0.3) is 0 Å². The van der Waals surface area contributed by atoms with Gasteiger partial charge in [0.2, 0.25) is 15.9 Å². The van der Waals surface area contributed by atoms with Gasteiger partial charge in [-0.3, -0.25) is 9.52 Å². The number of rotatable bonds is 14. The third-order valence-corrected chi connectivity index (χ3v) is 5.29. The summed E-state index contributed by atoms with van der Waals surface area (Å²) < 4.78 is 41.5. The van der Waals surface area contributed by atoms with E-state index >= 15 is 0 Å². The van der Waals surface area contributed by atoms with Crippen molar-refractivity contribution in [1.82, 2.24) is 4.72 Å². The van der Waals surface area contributed by atoms with Gasteiger partial charge in [-0.1, -0.05) is 38.1 Å². The maximum atomic E-state index is 12.3. The molecular formula is C20H33NO6S. The first kappa shape index (κ1) is 24.6. The highest BCUT2D eigenvalue weighted by molar-refractivity contribution is 7.90. The predicted octanol–water partition coefficient (Wildman–Crippen LogP) is 2.11. The normalized spacial score (nSPS) is 12.9. The zero-order valence-corrected chi connectivity index (χ0v) is 18.1. The molecule has 0 saturated carbocycles. The molecule has 0 saturated heterocycles. The number of carbonyl (C=O) groups excluding carboxylic acids is 1. The molecule has 0 bridgehead atoms. The van der Waals surface area contributed by atoms with Gasteiger partial charge in [-0.15, -0.1) is 0 Å². The van der Waals surface area contributed by atoms with E-state index in [-0.39, 0.29) is 19.0 Å². The van der Waals surface area contributed by atoms with Crippen molar-refractivity contribution < 1.29 is 27.4 Å². The monoisotopic (exact) mass is 415 g/mol. The molecule has 1 atom stereocenters. The minimum Gasteiger partial charge on any atom is -0.382 e. The third-order valence-electron chi connectivity index (χ3n) is 4.07. The zero-order chi connectivity index (χ0) is 21.0. The SMILES string of the molecule is COCCOCCOCCS(=O)(=O)NC(=O)C(C)c1ccc(CC(C)C)cc1. The highest BCUT2D eigenvalue weighted by Crippen LogP contribution is 2.18. The minimum atomic E-state index is -3.74. The lowest BCUT2D eigenvalue weighted by Gasteiger charge is -2.14. The van der Waals surface area contributed by atoms with Crippen LogP contribution in [-0.2, 0) is 35.4 Å². The molecule has 1 rings (SSSR count). The molecule has 160 valence electrons. The Bertz CT molecular complexity index is 672. The lowest BCUT2D eigenvalue weighted by atomic mass is 9.96. The van der Waals surface area contributed by atoms with Crippen LogP contribution in [0.4, 0.5) is 0 Å². The number of methoxy groups -OCH3 is 1. The second-order valence-corrected chi connectivity index (χ2v) is 8.91. The Kier molecular flexibility index (Phi) is 11.3. The van der Waals surface area contributed by atoms with Crippen molar-refractivity contribution in [2.45, 2.75) is 33.1 Å². The molecule has 1 aromatic rings. The van der Waals surface area contributed by atoms with Gasteiger partial charge in [0.1, 0.15) is 0 Å². The number of hydrogen-bond acceptors (Lipinski definition) is 6. The molecule has 8 heteroatoms. The van der Waals surface area contributed by atoms with Crippen molar-refractivity contribution in [2.75, 3.05) is 45.9 Å². The molecule has 1 aromatic carbocycles. The molecule has 0 aliphatic rings. The smallest absolute Gasteiger partial charge is 0.240 e. The first-order valence-corrected chi connectivity index (χ1v) is 11.2. The zero-order valence-electron chi connectivity index (χ0n) is 17.3. The van der Waals surface area contributed by atoms with Crippen LogP contribution in [0.5, 0.6) is 0 Å². The lowest BCUT2D eigenvalue weighted by Crippen LogP contribution is -2.36. The van der Waals surface area contributed by atoms with Gasteiger partial charge in [0, 0.05) is 7.11 Å². The topological polar surface area (TPSA) is 90.9 Å². The van der Waals surface area contributed by atoms with E-state index < -0.39 is 21.8 Å². The van der Waals surface area contributed by atoms with Crippen molar-refractivity contribution >= 4 is 15.9 Å². The van der Waals surface area contributed by atoms with Gasteiger partial charge < -0.3 is 14.2 Å². The van der Waals surface area contributed by atoms with Crippen LogP contribution < -0.4 is 4.72 Å². The summed E-state index contributed by atoms with van der Waals surface area (Å²) in [5.74, 6) is -0.829. The molecule has 7 nitrogen and oxygen atoms in total. The summed E-state index contributed by atoms with van der Waals surface area (Å²) in [5.41, 5.74) is 1.98. The standard InChI is InChI=1S/C20H33NO6S/c1-16(2)15-18-5-7-19(8-6-18)17(3)20(22)21-28(23,24)14-13-27-12-11-26-10-9-25-4/h5-8,16-17H,9-15H2,1-4H3,(H,21,22).